The highest BCUT2D eigenvalue weighted by atomic mass is 32.2. The standard InChI is InChI=1S/C16H20N2O2S2/c19-15(7-6-13-4-2-1-3-5-13)18-12-22-10-14(18)16(20)17-8-9-21-11-17/h1-5,14H,6-12H2. The maximum atomic E-state index is 12.5. The number of thioether (sulfide) groups is 2. The molecule has 2 aliphatic rings. The van der Waals surface area contributed by atoms with Gasteiger partial charge in [0, 0.05) is 24.5 Å². The molecule has 0 N–H and O–H groups in total. The molecule has 1 aromatic rings. The van der Waals surface area contributed by atoms with Crippen LogP contribution in [0.2, 0.25) is 0 Å². The number of hydrogen-bond acceptors (Lipinski definition) is 4. The van der Waals surface area contributed by atoms with Crippen LogP contribution in [0.5, 0.6) is 0 Å². The number of rotatable bonds is 4. The highest BCUT2D eigenvalue weighted by Gasteiger charge is 2.37. The molecule has 1 atom stereocenters. The SMILES string of the molecule is O=C(C1CSCN1C(=O)CCc1ccccc1)N1CCSC1. The summed E-state index contributed by atoms with van der Waals surface area (Å²) in [6.07, 6.45) is 1.21. The molecular weight excluding hydrogens is 316 g/mol. The monoisotopic (exact) mass is 336 g/mol. The third-order valence-corrected chi connectivity index (χ3v) is 6.00. The molecule has 0 radical (unpaired) electrons. The molecule has 6 heteroatoms. The fraction of sp³-hybridized carbons (Fsp3) is 0.500. The Kier molecular flexibility index (Phi) is 5.31. The molecule has 0 saturated carbocycles. The van der Waals surface area contributed by atoms with Crippen LogP contribution < -0.4 is 0 Å². The van der Waals surface area contributed by atoms with Gasteiger partial charge >= 0.3 is 0 Å². The summed E-state index contributed by atoms with van der Waals surface area (Å²) in [6, 6.07) is 9.77. The first kappa shape index (κ1) is 15.7. The minimum absolute atomic E-state index is 0.0963. The number of benzene rings is 1. The Bertz CT molecular complexity index is 532. The predicted octanol–water partition coefficient (Wildman–Crippen LogP) is 2.05. The van der Waals surface area contributed by atoms with Crippen LogP contribution in [0.1, 0.15) is 12.0 Å². The van der Waals surface area contributed by atoms with Crippen molar-refractivity contribution < 1.29 is 9.59 Å². The number of carbonyl (C=O) groups is 2. The lowest BCUT2D eigenvalue weighted by molar-refractivity contribution is -0.142. The van der Waals surface area contributed by atoms with Gasteiger partial charge in [-0.3, -0.25) is 9.59 Å². The first-order valence-corrected chi connectivity index (χ1v) is 9.84. The molecule has 1 aromatic carbocycles. The van der Waals surface area contributed by atoms with Crippen molar-refractivity contribution in [2.24, 2.45) is 0 Å². The Morgan fingerprint density at radius 3 is 2.68 bits per heavy atom. The molecule has 0 bridgehead atoms. The number of aryl methyl sites for hydroxylation is 1. The second kappa shape index (κ2) is 7.42. The fourth-order valence-electron chi connectivity index (χ4n) is 2.73. The molecule has 22 heavy (non-hydrogen) atoms. The predicted molar refractivity (Wildman–Crippen MR) is 91.8 cm³/mol. The van der Waals surface area contributed by atoms with Crippen molar-refractivity contribution in [3.63, 3.8) is 0 Å². The number of amides is 2. The van der Waals surface area contributed by atoms with Crippen molar-refractivity contribution in [3.05, 3.63) is 35.9 Å². The van der Waals surface area contributed by atoms with E-state index in [1.54, 1.807) is 28.4 Å². The summed E-state index contributed by atoms with van der Waals surface area (Å²) in [5.74, 6) is 3.38. The smallest absolute Gasteiger partial charge is 0.246 e. The minimum atomic E-state index is -0.257. The van der Waals surface area contributed by atoms with Crippen molar-refractivity contribution in [1.29, 1.82) is 0 Å². The van der Waals surface area contributed by atoms with Crippen LogP contribution in [0.15, 0.2) is 30.3 Å². The average Bonchev–Trinajstić information content (AvgIpc) is 3.24. The summed E-state index contributed by atoms with van der Waals surface area (Å²) >= 11 is 3.46. The maximum Gasteiger partial charge on any atom is 0.246 e. The van der Waals surface area contributed by atoms with E-state index in [-0.39, 0.29) is 17.9 Å². The molecule has 2 amide bonds. The molecule has 2 heterocycles. The van der Waals surface area contributed by atoms with Gasteiger partial charge in [-0.25, -0.2) is 0 Å². The van der Waals surface area contributed by atoms with Crippen LogP contribution in [0.4, 0.5) is 0 Å². The van der Waals surface area contributed by atoms with Gasteiger partial charge in [0.2, 0.25) is 11.8 Å². The lowest BCUT2D eigenvalue weighted by atomic mass is 10.1. The lowest BCUT2D eigenvalue weighted by Gasteiger charge is -2.26. The van der Waals surface area contributed by atoms with E-state index in [4.69, 9.17) is 0 Å². The van der Waals surface area contributed by atoms with Gasteiger partial charge < -0.3 is 9.80 Å². The lowest BCUT2D eigenvalue weighted by Crippen LogP contribution is -2.48. The van der Waals surface area contributed by atoms with E-state index in [2.05, 4.69) is 0 Å². The third kappa shape index (κ3) is 3.60. The molecule has 2 saturated heterocycles. The van der Waals surface area contributed by atoms with E-state index in [0.717, 1.165) is 30.3 Å². The highest BCUT2D eigenvalue weighted by molar-refractivity contribution is 7.99. The number of nitrogens with zero attached hydrogens (tertiary/aromatic N) is 2. The van der Waals surface area contributed by atoms with Crippen molar-refractivity contribution in [3.8, 4) is 0 Å². The Morgan fingerprint density at radius 2 is 1.95 bits per heavy atom. The normalized spacial score (nSPS) is 21.4. The molecule has 118 valence electrons. The van der Waals surface area contributed by atoms with E-state index < -0.39 is 0 Å². The van der Waals surface area contributed by atoms with E-state index in [0.29, 0.717) is 12.3 Å². The molecule has 1 unspecified atom stereocenters. The summed E-state index contributed by atoms with van der Waals surface area (Å²) < 4.78 is 0. The zero-order valence-corrected chi connectivity index (χ0v) is 14.1. The molecule has 3 rings (SSSR count). The van der Waals surface area contributed by atoms with Gasteiger partial charge in [0.05, 0.1) is 11.8 Å². The van der Waals surface area contributed by atoms with Crippen LogP contribution in [-0.2, 0) is 16.0 Å². The van der Waals surface area contributed by atoms with Gasteiger partial charge in [0.15, 0.2) is 0 Å². The summed E-state index contributed by atoms with van der Waals surface area (Å²) in [5.41, 5.74) is 1.17. The zero-order chi connectivity index (χ0) is 15.4. The van der Waals surface area contributed by atoms with Crippen LogP contribution in [-0.4, -0.2) is 57.5 Å². The molecule has 2 fully saturated rings. The van der Waals surface area contributed by atoms with Gasteiger partial charge in [-0.2, -0.15) is 0 Å². The van der Waals surface area contributed by atoms with Crippen LogP contribution >= 0.6 is 23.5 Å². The van der Waals surface area contributed by atoms with Gasteiger partial charge in [0.25, 0.3) is 0 Å². The van der Waals surface area contributed by atoms with Crippen LogP contribution in [0.3, 0.4) is 0 Å². The first-order chi connectivity index (χ1) is 10.8. The Morgan fingerprint density at radius 1 is 1.14 bits per heavy atom. The molecule has 0 spiro atoms. The summed E-state index contributed by atoms with van der Waals surface area (Å²) in [6.45, 7) is 0.816. The van der Waals surface area contributed by atoms with Crippen molar-refractivity contribution >= 4 is 35.3 Å². The van der Waals surface area contributed by atoms with Crippen LogP contribution in [0.25, 0.3) is 0 Å². The van der Waals surface area contributed by atoms with Gasteiger partial charge in [-0.05, 0) is 12.0 Å². The van der Waals surface area contributed by atoms with Gasteiger partial charge in [0.1, 0.15) is 6.04 Å². The van der Waals surface area contributed by atoms with E-state index in [1.807, 2.05) is 35.2 Å². The second-order valence-electron chi connectivity index (χ2n) is 5.50. The fourth-order valence-corrected chi connectivity index (χ4v) is 4.86. The largest absolute Gasteiger partial charge is 0.331 e. The zero-order valence-electron chi connectivity index (χ0n) is 12.4. The van der Waals surface area contributed by atoms with E-state index >= 15 is 0 Å². The molecule has 2 aliphatic heterocycles. The number of carbonyl (C=O) groups excluding carboxylic acids is 2. The molecule has 4 nitrogen and oxygen atoms in total. The van der Waals surface area contributed by atoms with Crippen LogP contribution in [0, 0.1) is 0 Å². The van der Waals surface area contributed by atoms with Gasteiger partial charge in [-0.15, -0.1) is 23.5 Å². The summed E-state index contributed by atoms with van der Waals surface area (Å²) in [4.78, 5) is 28.7. The maximum absolute atomic E-state index is 12.5. The summed E-state index contributed by atoms with van der Waals surface area (Å²) in [5, 5.41) is 0. The third-order valence-electron chi connectivity index (χ3n) is 4.02. The quantitative estimate of drug-likeness (QED) is 0.844. The highest BCUT2D eigenvalue weighted by Crippen LogP contribution is 2.25. The van der Waals surface area contributed by atoms with E-state index in [9.17, 15) is 9.59 Å². The second-order valence-corrected chi connectivity index (χ2v) is 7.58. The Labute approximate surface area is 139 Å². The molecular formula is C16H20N2O2S2. The minimum Gasteiger partial charge on any atom is -0.331 e. The topological polar surface area (TPSA) is 40.6 Å². The Hall–Kier alpha value is -1.14. The van der Waals surface area contributed by atoms with E-state index in [1.165, 1.54) is 5.56 Å². The number of hydrogen-bond donors (Lipinski definition) is 0. The Balaban J connectivity index is 1.57. The van der Waals surface area contributed by atoms with Crippen molar-refractivity contribution in [1.82, 2.24) is 9.80 Å². The summed E-state index contributed by atoms with van der Waals surface area (Å²) in [7, 11) is 0. The first-order valence-electron chi connectivity index (χ1n) is 7.53. The molecule has 0 aliphatic carbocycles. The van der Waals surface area contributed by atoms with Crippen molar-refractivity contribution in [2.75, 3.05) is 29.8 Å². The average molecular weight is 336 g/mol. The van der Waals surface area contributed by atoms with Gasteiger partial charge in [-0.1, -0.05) is 30.3 Å². The molecule has 0 aromatic heterocycles. The van der Waals surface area contributed by atoms with Crippen molar-refractivity contribution in [2.45, 2.75) is 18.9 Å².